The lowest BCUT2D eigenvalue weighted by atomic mass is 9.94. The minimum Gasteiger partial charge on any atom is -0.378 e. The van der Waals surface area contributed by atoms with E-state index in [0.717, 1.165) is 12.5 Å². The van der Waals surface area contributed by atoms with E-state index in [1.54, 1.807) is 0 Å². The molecule has 1 nitrogen and oxygen atoms in total. The molecule has 2 atom stereocenters. The first-order chi connectivity index (χ1) is 7.65. The van der Waals surface area contributed by atoms with Crippen molar-refractivity contribution < 1.29 is 4.74 Å². The highest BCUT2D eigenvalue weighted by atomic mass is 32.3. The van der Waals surface area contributed by atoms with E-state index in [0.29, 0.717) is 6.10 Å². The molecule has 98 valence electrons. The van der Waals surface area contributed by atoms with Gasteiger partial charge in [-0.1, -0.05) is 20.8 Å². The predicted molar refractivity (Wildman–Crippen MR) is 76.8 cm³/mol. The van der Waals surface area contributed by atoms with E-state index in [2.05, 4.69) is 27.7 Å². The molecule has 0 amide bonds. The average molecular weight is 246 g/mol. The van der Waals surface area contributed by atoms with Crippen molar-refractivity contribution in [3.05, 3.63) is 0 Å². The maximum atomic E-state index is 5.63. The summed E-state index contributed by atoms with van der Waals surface area (Å²) in [7, 11) is -0.268. The third-order valence-corrected chi connectivity index (χ3v) is 9.17. The van der Waals surface area contributed by atoms with Gasteiger partial charge in [0.1, 0.15) is 0 Å². The molecule has 1 heterocycles. The third kappa shape index (κ3) is 3.96. The zero-order valence-corrected chi connectivity index (χ0v) is 12.4. The minimum absolute atomic E-state index is 0.268. The highest BCUT2D eigenvalue weighted by Gasteiger charge is 2.23. The van der Waals surface area contributed by atoms with Crippen LogP contribution in [-0.4, -0.2) is 35.7 Å². The van der Waals surface area contributed by atoms with Crippen molar-refractivity contribution >= 4 is 10.0 Å². The fourth-order valence-electron chi connectivity index (χ4n) is 2.82. The maximum absolute atomic E-state index is 5.63. The van der Waals surface area contributed by atoms with Crippen LogP contribution in [0.25, 0.3) is 0 Å². The van der Waals surface area contributed by atoms with Gasteiger partial charge in [0.05, 0.1) is 6.10 Å². The summed E-state index contributed by atoms with van der Waals surface area (Å²) in [4.78, 5) is 0. The highest BCUT2D eigenvalue weighted by molar-refractivity contribution is 8.33. The van der Waals surface area contributed by atoms with Crippen LogP contribution in [0.5, 0.6) is 0 Å². The molecule has 0 N–H and O–H groups in total. The van der Waals surface area contributed by atoms with Gasteiger partial charge in [0.2, 0.25) is 0 Å². The lowest BCUT2D eigenvalue weighted by molar-refractivity contribution is 0.00216. The van der Waals surface area contributed by atoms with Crippen LogP contribution in [0.3, 0.4) is 0 Å². The molecule has 0 radical (unpaired) electrons. The van der Waals surface area contributed by atoms with Gasteiger partial charge >= 0.3 is 0 Å². The van der Waals surface area contributed by atoms with Gasteiger partial charge in [-0.05, 0) is 55.1 Å². The van der Waals surface area contributed by atoms with Gasteiger partial charge < -0.3 is 4.74 Å². The number of hydrogen-bond donors (Lipinski definition) is 0. The standard InChI is InChI=1S/C14H30OS/c1-5-16(6-2,7-3)11-9-14-8-10-15-13(4)12-14/h13-14H,5-12H2,1-4H3. The monoisotopic (exact) mass is 246 g/mol. The second kappa shape index (κ2) is 6.90. The Labute approximate surface area is 104 Å². The molecule has 0 aromatic carbocycles. The van der Waals surface area contributed by atoms with E-state index in [1.165, 1.54) is 42.3 Å². The Bertz CT molecular complexity index is 181. The van der Waals surface area contributed by atoms with Crippen LogP contribution in [0.15, 0.2) is 0 Å². The van der Waals surface area contributed by atoms with Gasteiger partial charge in [-0.3, -0.25) is 0 Å². The number of hydrogen-bond acceptors (Lipinski definition) is 1. The van der Waals surface area contributed by atoms with Crippen molar-refractivity contribution in [2.75, 3.05) is 29.6 Å². The Hall–Kier alpha value is 0.310. The van der Waals surface area contributed by atoms with Gasteiger partial charge in [-0.15, -0.1) is 0 Å². The van der Waals surface area contributed by atoms with E-state index < -0.39 is 0 Å². The van der Waals surface area contributed by atoms with Crippen molar-refractivity contribution in [2.45, 2.75) is 53.1 Å². The molecule has 0 saturated carbocycles. The Kier molecular flexibility index (Phi) is 6.20. The Morgan fingerprint density at radius 2 is 1.75 bits per heavy atom. The van der Waals surface area contributed by atoms with Crippen molar-refractivity contribution in [3.63, 3.8) is 0 Å². The Morgan fingerprint density at radius 3 is 2.25 bits per heavy atom. The first-order valence-electron chi connectivity index (χ1n) is 7.01. The highest BCUT2D eigenvalue weighted by Crippen LogP contribution is 2.48. The molecule has 0 bridgehead atoms. The molecule has 1 fully saturated rings. The summed E-state index contributed by atoms with van der Waals surface area (Å²) in [5, 5.41) is 0. The second-order valence-corrected chi connectivity index (χ2v) is 9.75. The van der Waals surface area contributed by atoms with Crippen molar-refractivity contribution in [3.8, 4) is 0 Å². The summed E-state index contributed by atoms with van der Waals surface area (Å²) < 4.78 is 5.63. The molecular weight excluding hydrogens is 216 g/mol. The Morgan fingerprint density at radius 1 is 1.12 bits per heavy atom. The zero-order valence-electron chi connectivity index (χ0n) is 11.6. The van der Waals surface area contributed by atoms with E-state index in [-0.39, 0.29) is 10.0 Å². The first kappa shape index (κ1) is 14.4. The van der Waals surface area contributed by atoms with Crippen LogP contribution in [0.1, 0.15) is 47.0 Å². The first-order valence-corrected chi connectivity index (χ1v) is 9.32. The summed E-state index contributed by atoms with van der Waals surface area (Å²) in [5.74, 6) is 6.74. The Balaban J connectivity index is 2.36. The molecule has 1 aliphatic heterocycles. The summed E-state index contributed by atoms with van der Waals surface area (Å²) in [6.45, 7) is 10.4. The topological polar surface area (TPSA) is 9.23 Å². The quantitative estimate of drug-likeness (QED) is 0.687. The van der Waals surface area contributed by atoms with Crippen LogP contribution in [0.4, 0.5) is 0 Å². The minimum atomic E-state index is -0.268. The van der Waals surface area contributed by atoms with Crippen LogP contribution in [0.2, 0.25) is 0 Å². The normalized spacial score (nSPS) is 28.0. The summed E-state index contributed by atoms with van der Waals surface area (Å²) >= 11 is 0. The molecule has 16 heavy (non-hydrogen) atoms. The molecule has 0 spiro atoms. The van der Waals surface area contributed by atoms with Crippen molar-refractivity contribution in [1.82, 2.24) is 0 Å². The van der Waals surface area contributed by atoms with Crippen molar-refractivity contribution in [2.24, 2.45) is 5.92 Å². The van der Waals surface area contributed by atoms with Crippen LogP contribution >= 0.6 is 10.0 Å². The second-order valence-electron chi connectivity index (χ2n) is 5.16. The van der Waals surface area contributed by atoms with Gasteiger partial charge in [-0.25, -0.2) is 10.0 Å². The smallest absolute Gasteiger partial charge is 0.0549 e. The molecular formula is C14H30OS. The lowest BCUT2D eigenvalue weighted by Crippen LogP contribution is -2.25. The van der Waals surface area contributed by atoms with E-state index >= 15 is 0 Å². The van der Waals surface area contributed by atoms with Crippen LogP contribution in [0, 0.1) is 5.92 Å². The van der Waals surface area contributed by atoms with Gasteiger partial charge in [-0.2, -0.15) is 0 Å². The molecule has 2 heteroatoms. The summed E-state index contributed by atoms with van der Waals surface area (Å²) in [5.41, 5.74) is 0. The van der Waals surface area contributed by atoms with E-state index in [4.69, 9.17) is 4.74 Å². The molecule has 1 aliphatic rings. The fraction of sp³-hybridized carbons (Fsp3) is 1.00. The summed E-state index contributed by atoms with van der Waals surface area (Å²) in [6, 6.07) is 0. The van der Waals surface area contributed by atoms with Gasteiger partial charge in [0.25, 0.3) is 0 Å². The van der Waals surface area contributed by atoms with Gasteiger partial charge in [0.15, 0.2) is 0 Å². The fourth-order valence-corrected chi connectivity index (χ4v) is 5.74. The number of rotatable bonds is 6. The largest absolute Gasteiger partial charge is 0.378 e. The zero-order chi connectivity index (χ0) is 12.0. The molecule has 1 saturated heterocycles. The van der Waals surface area contributed by atoms with E-state index in [9.17, 15) is 0 Å². The van der Waals surface area contributed by atoms with Crippen molar-refractivity contribution in [1.29, 1.82) is 0 Å². The predicted octanol–water partition coefficient (Wildman–Crippen LogP) is 4.06. The SMILES string of the molecule is CCS(CC)(CC)CCC1CCOC(C)C1. The molecule has 0 aliphatic carbocycles. The maximum Gasteiger partial charge on any atom is 0.0549 e. The molecule has 0 aromatic heterocycles. The van der Waals surface area contributed by atoms with E-state index in [1.807, 2.05) is 0 Å². The molecule has 1 rings (SSSR count). The molecule has 0 aromatic rings. The van der Waals surface area contributed by atoms with Crippen LogP contribution < -0.4 is 0 Å². The number of ether oxygens (including phenoxy) is 1. The van der Waals surface area contributed by atoms with Gasteiger partial charge in [0, 0.05) is 6.61 Å². The summed E-state index contributed by atoms with van der Waals surface area (Å²) in [6.07, 6.45) is 4.57. The lowest BCUT2D eigenvalue weighted by Gasteiger charge is -2.39. The third-order valence-electron chi connectivity index (χ3n) is 4.39. The van der Waals surface area contributed by atoms with Crippen LogP contribution in [-0.2, 0) is 4.74 Å². The molecule has 2 unspecified atom stereocenters. The average Bonchev–Trinajstić information content (AvgIpc) is 2.32.